The van der Waals surface area contributed by atoms with Crippen LogP contribution in [0.4, 0.5) is 4.39 Å². The van der Waals surface area contributed by atoms with Crippen LogP contribution in [0, 0.1) is 17.1 Å². The van der Waals surface area contributed by atoms with Crippen LogP contribution in [-0.4, -0.2) is 0 Å². The highest BCUT2D eigenvalue weighted by atomic mass is 19.1. The fourth-order valence-corrected chi connectivity index (χ4v) is 0.821. The lowest BCUT2D eigenvalue weighted by Crippen LogP contribution is -1.95. The molecule has 2 N–H and O–H groups in total. The van der Waals surface area contributed by atoms with Gasteiger partial charge in [-0.05, 0) is 12.1 Å². The van der Waals surface area contributed by atoms with Gasteiger partial charge in [-0.2, -0.15) is 5.26 Å². The van der Waals surface area contributed by atoms with Crippen LogP contribution in [0.5, 0.6) is 0 Å². The molecule has 0 saturated carbocycles. The van der Waals surface area contributed by atoms with Crippen molar-refractivity contribution in [3.05, 3.63) is 41.7 Å². The topological polar surface area (TPSA) is 49.8 Å². The highest BCUT2D eigenvalue weighted by Gasteiger charge is 1.96. The molecule has 60 valence electrons. The van der Waals surface area contributed by atoms with Gasteiger partial charge in [0.1, 0.15) is 5.82 Å². The second-order valence-corrected chi connectivity index (χ2v) is 2.24. The van der Waals surface area contributed by atoms with Gasteiger partial charge in [0.05, 0.1) is 6.07 Å². The number of benzene rings is 1. The van der Waals surface area contributed by atoms with Crippen molar-refractivity contribution >= 4 is 5.70 Å². The minimum atomic E-state index is -0.359. The summed E-state index contributed by atoms with van der Waals surface area (Å²) in [6, 6.07) is 7.57. The van der Waals surface area contributed by atoms with E-state index in [0.29, 0.717) is 5.56 Å². The van der Waals surface area contributed by atoms with E-state index in [0.717, 1.165) is 0 Å². The smallest absolute Gasteiger partial charge is 0.123 e. The molecular formula is C9H7FN2. The number of hydrogen-bond acceptors (Lipinski definition) is 2. The van der Waals surface area contributed by atoms with Gasteiger partial charge in [-0.1, -0.05) is 12.1 Å². The van der Waals surface area contributed by atoms with Gasteiger partial charge in [0.2, 0.25) is 0 Å². The molecule has 0 bridgehead atoms. The first-order chi connectivity index (χ1) is 5.74. The molecular weight excluding hydrogens is 155 g/mol. The van der Waals surface area contributed by atoms with Crippen molar-refractivity contribution in [3.8, 4) is 6.07 Å². The summed E-state index contributed by atoms with van der Waals surface area (Å²) in [4.78, 5) is 0. The van der Waals surface area contributed by atoms with Crippen molar-refractivity contribution in [3.63, 3.8) is 0 Å². The summed E-state index contributed by atoms with van der Waals surface area (Å²) in [6.07, 6.45) is 1.18. The zero-order valence-electron chi connectivity index (χ0n) is 6.29. The van der Waals surface area contributed by atoms with E-state index in [1.165, 1.54) is 18.2 Å². The van der Waals surface area contributed by atoms with Gasteiger partial charge in [-0.25, -0.2) is 4.39 Å². The number of nitrogens with two attached hydrogens (primary N) is 1. The summed E-state index contributed by atoms with van der Waals surface area (Å²) in [5.41, 5.74) is 6.25. The molecule has 2 nitrogen and oxygen atoms in total. The lowest BCUT2D eigenvalue weighted by atomic mass is 10.1. The quantitative estimate of drug-likeness (QED) is 0.638. The van der Waals surface area contributed by atoms with E-state index in [2.05, 4.69) is 0 Å². The van der Waals surface area contributed by atoms with Gasteiger partial charge in [-0.3, -0.25) is 0 Å². The van der Waals surface area contributed by atoms with Crippen molar-refractivity contribution in [2.45, 2.75) is 0 Å². The zero-order valence-corrected chi connectivity index (χ0v) is 6.29. The molecule has 0 unspecified atom stereocenters. The molecule has 0 heterocycles. The van der Waals surface area contributed by atoms with Crippen LogP contribution in [0.2, 0.25) is 0 Å². The van der Waals surface area contributed by atoms with Crippen LogP contribution in [0.1, 0.15) is 5.56 Å². The Labute approximate surface area is 69.7 Å². The molecule has 0 amide bonds. The number of halogens is 1. The molecule has 0 spiro atoms. The first-order valence-corrected chi connectivity index (χ1v) is 3.35. The van der Waals surface area contributed by atoms with Crippen molar-refractivity contribution in [2.24, 2.45) is 5.73 Å². The first-order valence-electron chi connectivity index (χ1n) is 3.35. The molecule has 0 radical (unpaired) electrons. The molecule has 1 aromatic rings. The second kappa shape index (κ2) is 3.54. The van der Waals surface area contributed by atoms with E-state index in [4.69, 9.17) is 11.0 Å². The van der Waals surface area contributed by atoms with Gasteiger partial charge in [0.15, 0.2) is 0 Å². The minimum absolute atomic E-state index is 0.275. The van der Waals surface area contributed by atoms with Crippen molar-refractivity contribution < 1.29 is 4.39 Å². The molecule has 0 atom stereocenters. The van der Waals surface area contributed by atoms with E-state index < -0.39 is 0 Å². The maximum Gasteiger partial charge on any atom is 0.123 e. The molecule has 0 fully saturated rings. The van der Waals surface area contributed by atoms with Crippen LogP contribution in [0.15, 0.2) is 30.3 Å². The van der Waals surface area contributed by atoms with Gasteiger partial charge in [0.25, 0.3) is 0 Å². The Hall–Kier alpha value is -1.82. The van der Waals surface area contributed by atoms with Gasteiger partial charge < -0.3 is 5.73 Å². The SMILES string of the molecule is N#CC=C(N)c1cccc(F)c1. The number of hydrogen-bond donors (Lipinski definition) is 1. The van der Waals surface area contributed by atoms with E-state index in [9.17, 15) is 4.39 Å². The highest BCUT2D eigenvalue weighted by Crippen LogP contribution is 2.09. The van der Waals surface area contributed by atoms with Crippen molar-refractivity contribution in [2.75, 3.05) is 0 Å². The Kier molecular flexibility index (Phi) is 2.44. The molecule has 0 aliphatic rings. The normalized spacial score (nSPS) is 10.8. The summed E-state index contributed by atoms with van der Waals surface area (Å²) in [7, 11) is 0. The molecule has 0 aliphatic heterocycles. The first kappa shape index (κ1) is 8.28. The van der Waals surface area contributed by atoms with Crippen molar-refractivity contribution in [1.29, 1.82) is 5.26 Å². The zero-order chi connectivity index (χ0) is 8.97. The third-order valence-electron chi connectivity index (χ3n) is 1.38. The number of rotatable bonds is 1. The number of nitrogens with zero attached hydrogens (tertiary/aromatic N) is 1. The Morgan fingerprint density at radius 3 is 2.92 bits per heavy atom. The minimum Gasteiger partial charge on any atom is -0.398 e. The van der Waals surface area contributed by atoms with Gasteiger partial charge in [-0.15, -0.1) is 0 Å². The molecule has 3 heteroatoms. The number of nitriles is 1. The lowest BCUT2D eigenvalue weighted by molar-refractivity contribution is 0.627. The molecule has 1 aromatic carbocycles. The highest BCUT2D eigenvalue weighted by molar-refractivity contribution is 5.64. The lowest BCUT2D eigenvalue weighted by Gasteiger charge is -1.98. The molecule has 0 aliphatic carbocycles. The van der Waals surface area contributed by atoms with Crippen LogP contribution in [-0.2, 0) is 0 Å². The average Bonchev–Trinajstić information content (AvgIpc) is 2.05. The maximum absolute atomic E-state index is 12.6. The Morgan fingerprint density at radius 2 is 2.33 bits per heavy atom. The van der Waals surface area contributed by atoms with E-state index in [1.807, 2.05) is 0 Å². The monoisotopic (exact) mass is 162 g/mol. The third kappa shape index (κ3) is 1.83. The fraction of sp³-hybridized carbons (Fsp3) is 0. The maximum atomic E-state index is 12.6. The molecule has 1 rings (SSSR count). The van der Waals surface area contributed by atoms with Gasteiger partial charge >= 0.3 is 0 Å². The average molecular weight is 162 g/mol. The summed E-state index contributed by atoms with van der Waals surface area (Å²) in [5.74, 6) is -0.359. The summed E-state index contributed by atoms with van der Waals surface area (Å²) >= 11 is 0. The number of allylic oxidation sites excluding steroid dienone is 1. The van der Waals surface area contributed by atoms with Gasteiger partial charge in [0, 0.05) is 17.3 Å². The molecule has 0 saturated heterocycles. The predicted molar refractivity (Wildman–Crippen MR) is 44.2 cm³/mol. The second-order valence-electron chi connectivity index (χ2n) is 2.24. The molecule has 0 aromatic heterocycles. The van der Waals surface area contributed by atoms with Crippen LogP contribution >= 0.6 is 0 Å². The fourth-order valence-electron chi connectivity index (χ4n) is 0.821. The van der Waals surface area contributed by atoms with Crippen LogP contribution < -0.4 is 5.73 Å². The Bertz CT molecular complexity index is 350. The largest absolute Gasteiger partial charge is 0.398 e. The summed E-state index contributed by atoms with van der Waals surface area (Å²) < 4.78 is 12.6. The van der Waals surface area contributed by atoms with E-state index in [-0.39, 0.29) is 11.5 Å². The van der Waals surface area contributed by atoms with E-state index >= 15 is 0 Å². The van der Waals surface area contributed by atoms with Crippen LogP contribution in [0.3, 0.4) is 0 Å². The summed E-state index contributed by atoms with van der Waals surface area (Å²) in [5, 5.41) is 8.27. The Balaban J connectivity index is 3.05. The standard InChI is InChI=1S/C9H7FN2/c10-8-3-1-2-7(6-8)9(12)4-5-11/h1-4,6H,12H2. The van der Waals surface area contributed by atoms with Crippen LogP contribution in [0.25, 0.3) is 5.70 Å². The van der Waals surface area contributed by atoms with Crippen molar-refractivity contribution in [1.82, 2.24) is 0 Å². The molecule has 12 heavy (non-hydrogen) atoms. The predicted octanol–water partition coefficient (Wildman–Crippen LogP) is 1.65. The Morgan fingerprint density at radius 1 is 1.58 bits per heavy atom. The summed E-state index contributed by atoms with van der Waals surface area (Å²) in [6.45, 7) is 0. The van der Waals surface area contributed by atoms with E-state index in [1.54, 1.807) is 18.2 Å². The third-order valence-corrected chi connectivity index (χ3v) is 1.38.